The Morgan fingerprint density at radius 1 is 1.00 bits per heavy atom. The maximum Gasteiger partial charge on any atom is 0.232 e. The summed E-state index contributed by atoms with van der Waals surface area (Å²) in [6.45, 7) is 0. The lowest BCUT2D eigenvalue weighted by Crippen LogP contribution is -1.91. The molecule has 0 aliphatic carbocycles. The zero-order valence-corrected chi connectivity index (χ0v) is 12.2. The molecule has 94 valence electrons. The van der Waals surface area contributed by atoms with Gasteiger partial charge in [0.15, 0.2) is 0 Å². The minimum atomic E-state index is 0.321. The van der Waals surface area contributed by atoms with Crippen molar-refractivity contribution in [3.63, 3.8) is 0 Å². The number of ether oxygens (including phenoxy) is 1. The van der Waals surface area contributed by atoms with Crippen molar-refractivity contribution in [2.75, 3.05) is 7.11 Å². The Morgan fingerprint density at radius 3 is 2.39 bits per heavy atom. The molecule has 2 rings (SSSR count). The lowest BCUT2D eigenvalue weighted by atomic mass is 10.1. The molecule has 0 saturated heterocycles. The highest BCUT2D eigenvalue weighted by Crippen LogP contribution is 2.41. The molecule has 6 heteroatoms. The summed E-state index contributed by atoms with van der Waals surface area (Å²) in [6.07, 6.45) is 1.57. The van der Waals surface area contributed by atoms with Crippen LogP contribution in [0, 0.1) is 0 Å². The second kappa shape index (κ2) is 5.54. The SMILES string of the molecule is COc1nccc(-c2cc(Cl)cc(Cl)c2Cl)c1Cl. The summed E-state index contributed by atoms with van der Waals surface area (Å²) < 4.78 is 5.06. The van der Waals surface area contributed by atoms with E-state index in [0.29, 0.717) is 37.1 Å². The summed E-state index contributed by atoms with van der Waals surface area (Å²) in [6, 6.07) is 4.98. The monoisotopic (exact) mass is 321 g/mol. The lowest BCUT2D eigenvalue weighted by molar-refractivity contribution is 0.398. The molecule has 2 aromatic rings. The maximum absolute atomic E-state index is 6.19. The Hall–Kier alpha value is -0.670. The molecule has 0 aliphatic heterocycles. The summed E-state index contributed by atoms with van der Waals surface area (Å²) in [4.78, 5) is 3.99. The minimum Gasteiger partial charge on any atom is -0.480 e. The van der Waals surface area contributed by atoms with Crippen LogP contribution in [0.5, 0.6) is 5.88 Å². The Balaban J connectivity index is 2.69. The molecule has 0 unspecified atom stereocenters. The molecule has 0 aliphatic rings. The summed E-state index contributed by atoms with van der Waals surface area (Å²) in [7, 11) is 1.49. The van der Waals surface area contributed by atoms with Gasteiger partial charge in [-0.15, -0.1) is 0 Å². The van der Waals surface area contributed by atoms with Crippen molar-refractivity contribution in [3.05, 3.63) is 44.5 Å². The van der Waals surface area contributed by atoms with Crippen LogP contribution >= 0.6 is 46.4 Å². The fourth-order valence-corrected chi connectivity index (χ4v) is 2.52. The lowest BCUT2D eigenvalue weighted by Gasteiger charge is -2.10. The molecule has 0 radical (unpaired) electrons. The second-order valence-electron chi connectivity index (χ2n) is 3.43. The smallest absolute Gasteiger partial charge is 0.232 e. The van der Waals surface area contributed by atoms with Gasteiger partial charge < -0.3 is 4.74 Å². The van der Waals surface area contributed by atoms with Gasteiger partial charge in [-0.25, -0.2) is 4.98 Å². The molecular formula is C12H7Cl4NO. The molecule has 0 amide bonds. The van der Waals surface area contributed by atoms with E-state index < -0.39 is 0 Å². The molecule has 0 atom stereocenters. The Bertz CT molecular complexity index is 601. The van der Waals surface area contributed by atoms with E-state index in [1.165, 1.54) is 7.11 Å². The molecule has 0 spiro atoms. The minimum absolute atomic E-state index is 0.321. The molecule has 1 aromatic carbocycles. The van der Waals surface area contributed by atoms with Gasteiger partial charge in [0.1, 0.15) is 5.02 Å². The molecule has 1 heterocycles. The summed E-state index contributed by atoms with van der Waals surface area (Å²) in [5.74, 6) is 0.321. The first kappa shape index (κ1) is 13.8. The van der Waals surface area contributed by atoms with Crippen molar-refractivity contribution >= 4 is 46.4 Å². The van der Waals surface area contributed by atoms with E-state index in [4.69, 9.17) is 51.1 Å². The summed E-state index contributed by atoms with van der Waals surface area (Å²) >= 11 is 24.3. The van der Waals surface area contributed by atoms with E-state index in [0.717, 1.165) is 0 Å². The number of aromatic nitrogens is 1. The number of hydrogen-bond acceptors (Lipinski definition) is 2. The van der Waals surface area contributed by atoms with Crippen LogP contribution in [0.2, 0.25) is 20.1 Å². The van der Waals surface area contributed by atoms with Gasteiger partial charge in [-0.3, -0.25) is 0 Å². The number of rotatable bonds is 2. The topological polar surface area (TPSA) is 22.1 Å². The number of benzene rings is 1. The molecule has 0 saturated carbocycles. The van der Waals surface area contributed by atoms with Crippen LogP contribution in [0.25, 0.3) is 11.1 Å². The van der Waals surface area contributed by atoms with E-state index in [1.54, 1.807) is 24.4 Å². The Labute approximate surface area is 124 Å². The molecule has 18 heavy (non-hydrogen) atoms. The average molecular weight is 323 g/mol. The first-order valence-corrected chi connectivity index (χ1v) is 6.39. The summed E-state index contributed by atoms with van der Waals surface area (Å²) in [5, 5.41) is 1.59. The fraction of sp³-hybridized carbons (Fsp3) is 0.0833. The second-order valence-corrected chi connectivity index (χ2v) is 5.03. The van der Waals surface area contributed by atoms with Crippen LogP contribution in [0.15, 0.2) is 24.4 Å². The van der Waals surface area contributed by atoms with Crippen molar-refractivity contribution < 1.29 is 4.74 Å². The third-order valence-corrected chi connectivity index (χ3v) is 3.72. The van der Waals surface area contributed by atoms with Crippen LogP contribution in [0.3, 0.4) is 0 Å². The van der Waals surface area contributed by atoms with Crippen molar-refractivity contribution in [2.24, 2.45) is 0 Å². The number of methoxy groups -OCH3 is 1. The zero-order valence-electron chi connectivity index (χ0n) is 9.18. The van der Waals surface area contributed by atoms with Crippen LogP contribution in [0.4, 0.5) is 0 Å². The third-order valence-electron chi connectivity index (χ3n) is 2.33. The maximum atomic E-state index is 6.19. The van der Waals surface area contributed by atoms with Gasteiger partial charge >= 0.3 is 0 Å². The fourth-order valence-electron chi connectivity index (χ4n) is 1.53. The molecule has 2 nitrogen and oxygen atoms in total. The highest BCUT2D eigenvalue weighted by molar-refractivity contribution is 6.45. The average Bonchev–Trinajstić information content (AvgIpc) is 2.34. The van der Waals surface area contributed by atoms with Crippen molar-refractivity contribution in [1.29, 1.82) is 0 Å². The number of hydrogen-bond donors (Lipinski definition) is 0. The van der Waals surface area contributed by atoms with Gasteiger partial charge in [0.05, 0.1) is 17.2 Å². The quantitative estimate of drug-likeness (QED) is 0.693. The normalized spacial score (nSPS) is 10.5. The third kappa shape index (κ3) is 2.52. The standard InChI is InChI=1S/C12H7Cl4NO/c1-18-12-11(16)7(2-3-17-12)8-4-6(13)5-9(14)10(8)15/h2-5H,1H3. The highest BCUT2D eigenvalue weighted by Gasteiger charge is 2.15. The van der Waals surface area contributed by atoms with Crippen LogP contribution < -0.4 is 4.74 Å². The van der Waals surface area contributed by atoms with Crippen molar-refractivity contribution in [3.8, 4) is 17.0 Å². The molecule has 0 bridgehead atoms. The molecule has 0 N–H and O–H groups in total. The predicted molar refractivity (Wildman–Crippen MR) is 76.3 cm³/mol. The summed E-state index contributed by atoms with van der Waals surface area (Å²) in [5.41, 5.74) is 1.30. The van der Waals surface area contributed by atoms with Gasteiger partial charge in [0.25, 0.3) is 0 Å². The predicted octanol–water partition coefficient (Wildman–Crippen LogP) is 5.37. The first-order valence-electron chi connectivity index (χ1n) is 4.88. The highest BCUT2D eigenvalue weighted by atomic mass is 35.5. The van der Waals surface area contributed by atoms with E-state index in [9.17, 15) is 0 Å². The first-order chi connectivity index (χ1) is 8.54. The molecule has 0 fully saturated rings. The van der Waals surface area contributed by atoms with Gasteiger partial charge in [-0.1, -0.05) is 46.4 Å². The zero-order chi connectivity index (χ0) is 13.3. The number of nitrogens with zero attached hydrogens (tertiary/aromatic N) is 1. The van der Waals surface area contributed by atoms with Crippen LogP contribution in [-0.2, 0) is 0 Å². The van der Waals surface area contributed by atoms with Crippen molar-refractivity contribution in [1.82, 2.24) is 4.98 Å². The van der Waals surface area contributed by atoms with Gasteiger partial charge in [-0.2, -0.15) is 0 Å². The Morgan fingerprint density at radius 2 is 1.72 bits per heavy atom. The van der Waals surface area contributed by atoms with Crippen LogP contribution in [0.1, 0.15) is 0 Å². The number of pyridine rings is 1. The van der Waals surface area contributed by atoms with E-state index in [1.807, 2.05) is 0 Å². The van der Waals surface area contributed by atoms with E-state index >= 15 is 0 Å². The van der Waals surface area contributed by atoms with Crippen molar-refractivity contribution in [2.45, 2.75) is 0 Å². The van der Waals surface area contributed by atoms with Gasteiger partial charge in [0, 0.05) is 22.3 Å². The van der Waals surface area contributed by atoms with Gasteiger partial charge in [0.2, 0.25) is 5.88 Å². The largest absolute Gasteiger partial charge is 0.480 e. The van der Waals surface area contributed by atoms with Gasteiger partial charge in [-0.05, 0) is 18.2 Å². The number of halogens is 4. The van der Waals surface area contributed by atoms with Crippen LogP contribution in [-0.4, -0.2) is 12.1 Å². The van der Waals surface area contributed by atoms with E-state index in [-0.39, 0.29) is 0 Å². The van der Waals surface area contributed by atoms with E-state index in [2.05, 4.69) is 4.98 Å². The molecule has 1 aromatic heterocycles. The Kier molecular flexibility index (Phi) is 4.23. The molecular weight excluding hydrogens is 316 g/mol.